The first-order chi connectivity index (χ1) is 14.8. The summed E-state index contributed by atoms with van der Waals surface area (Å²) in [6.07, 6.45) is 2.82. The molecule has 1 N–H and O–H groups in total. The summed E-state index contributed by atoms with van der Waals surface area (Å²) in [6.45, 7) is 3.26. The van der Waals surface area contributed by atoms with Gasteiger partial charge in [-0.3, -0.25) is 4.90 Å². The van der Waals surface area contributed by atoms with E-state index in [1.807, 2.05) is 40.8 Å². The molecule has 0 bridgehead atoms. The van der Waals surface area contributed by atoms with E-state index >= 15 is 0 Å². The highest BCUT2D eigenvalue weighted by molar-refractivity contribution is 14.1. The number of hydrogen-bond acceptors (Lipinski definition) is 3. The van der Waals surface area contributed by atoms with Gasteiger partial charge in [0.1, 0.15) is 6.54 Å². The number of nitrogens with one attached hydrogen (secondary N) is 1. The first-order valence-electron chi connectivity index (χ1n) is 11.2. The molecule has 8 heteroatoms. The van der Waals surface area contributed by atoms with Crippen molar-refractivity contribution < 1.29 is 17.9 Å². The average molecular weight is 547 g/mol. The lowest BCUT2D eigenvalue weighted by molar-refractivity contribution is -0.140. The first-order valence-corrected chi connectivity index (χ1v) is 12.3. The van der Waals surface area contributed by atoms with Gasteiger partial charge in [-0.25, -0.2) is 0 Å². The molecule has 1 aliphatic carbocycles. The quantitative estimate of drug-likeness (QED) is 0.503. The molecule has 1 aromatic carbocycles. The summed E-state index contributed by atoms with van der Waals surface area (Å²) < 4.78 is 46.7. The molecule has 1 spiro atoms. The van der Waals surface area contributed by atoms with Gasteiger partial charge in [-0.2, -0.15) is 13.2 Å². The van der Waals surface area contributed by atoms with Crippen molar-refractivity contribution in [1.82, 2.24) is 9.47 Å². The Bertz CT molecular complexity index is 922. The number of alkyl halides is 3. The van der Waals surface area contributed by atoms with Crippen LogP contribution in [0.15, 0.2) is 24.3 Å². The molecule has 0 atom stereocenters. The van der Waals surface area contributed by atoms with Crippen molar-refractivity contribution in [2.45, 2.75) is 63.3 Å². The molecule has 3 heterocycles. The lowest BCUT2D eigenvalue weighted by Gasteiger charge is -2.55. The van der Waals surface area contributed by atoms with E-state index < -0.39 is 12.7 Å². The van der Waals surface area contributed by atoms with Crippen molar-refractivity contribution in [1.29, 1.82) is 0 Å². The van der Waals surface area contributed by atoms with Gasteiger partial charge >= 0.3 is 6.18 Å². The summed E-state index contributed by atoms with van der Waals surface area (Å²) in [5, 5.41) is 4.52. The number of rotatable bonds is 4. The maximum absolute atomic E-state index is 13.0. The number of fused-ring (bicyclic) bond motifs is 1. The number of anilines is 1. The smallest absolute Gasteiger partial charge is 0.382 e. The van der Waals surface area contributed by atoms with Crippen molar-refractivity contribution in [3.05, 3.63) is 28.0 Å². The molecule has 31 heavy (non-hydrogen) atoms. The Labute approximate surface area is 194 Å². The van der Waals surface area contributed by atoms with Crippen LogP contribution in [-0.2, 0) is 11.3 Å². The van der Waals surface area contributed by atoms with E-state index in [-0.39, 0.29) is 0 Å². The topological polar surface area (TPSA) is 29.4 Å². The van der Waals surface area contributed by atoms with Crippen LogP contribution in [0, 0.1) is 9.12 Å². The zero-order valence-electron chi connectivity index (χ0n) is 17.6. The highest BCUT2D eigenvalue weighted by Gasteiger charge is 2.46. The molecule has 2 aliphatic heterocycles. The third-order valence-corrected chi connectivity index (χ3v) is 8.18. The molecule has 1 aromatic heterocycles. The van der Waals surface area contributed by atoms with Crippen molar-refractivity contribution in [3.8, 4) is 0 Å². The molecular formula is C23H29F3IN3O. The second kappa shape index (κ2) is 8.41. The Morgan fingerprint density at radius 3 is 2.61 bits per heavy atom. The van der Waals surface area contributed by atoms with Crippen LogP contribution in [0.1, 0.15) is 38.5 Å². The third kappa shape index (κ3) is 4.57. The van der Waals surface area contributed by atoms with E-state index in [2.05, 4.69) is 10.2 Å². The standard InChI is InChI=1S/C23H29F3IN3O/c24-23(25,26)14-30-20-4-1-3-19(18(20)11-21(30)27)28-16-5-7-17(8-6-16)29-12-22(13-29)9-2-10-31-15-22/h1,3-4,11,16-17,28H,2,5-10,12-15H2. The Hall–Kier alpha value is -1.00. The number of likely N-dealkylation sites (tertiary alicyclic amines) is 1. The Kier molecular flexibility index (Phi) is 5.92. The fraction of sp³-hybridized carbons (Fsp3) is 0.652. The van der Waals surface area contributed by atoms with E-state index in [9.17, 15) is 13.2 Å². The zero-order valence-corrected chi connectivity index (χ0v) is 19.7. The van der Waals surface area contributed by atoms with Gasteiger partial charge in [0.25, 0.3) is 0 Å². The second-order valence-corrected chi connectivity index (χ2v) is 10.7. The molecule has 4 nitrogen and oxygen atoms in total. The van der Waals surface area contributed by atoms with E-state index in [4.69, 9.17) is 4.74 Å². The minimum absolute atomic E-state index is 0.374. The van der Waals surface area contributed by atoms with Crippen molar-refractivity contribution >= 4 is 39.2 Å². The number of ether oxygens (including phenoxy) is 1. The number of benzene rings is 1. The molecule has 3 aliphatic rings. The summed E-state index contributed by atoms with van der Waals surface area (Å²) in [5.74, 6) is 0. The van der Waals surface area contributed by atoms with Crippen LogP contribution >= 0.6 is 22.6 Å². The van der Waals surface area contributed by atoms with Gasteiger partial charge in [0, 0.05) is 48.3 Å². The number of nitrogens with zero attached hydrogens (tertiary/aromatic N) is 2. The van der Waals surface area contributed by atoms with Crippen LogP contribution in [-0.4, -0.2) is 54.0 Å². The van der Waals surface area contributed by atoms with Crippen LogP contribution in [0.3, 0.4) is 0 Å². The highest BCUT2D eigenvalue weighted by Crippen LogP contribution is 2.42. The summed E-state index contributed by atoms with van der Waals surface area (Å²) in [6, 6.07) is 8.52. The van der Waals surface area contributed by atoms with E-state index in [0.29, 0.717) is 26.7 Å². The fourth-order valence-corrected chi connectivity index (χ4v) is 6.50. The van der Waals surface area contributed by atoms with Crippen LogP contribution < -0.4 is 5.32 Å². The van der Waals surface area contributed by atoms with Crippen LogP contribution in [0.5, 0.6) is 0 Å². The minimum atomic E-state index is -4.23. The third-order valence-electron chi connectivity index (χ3n) is 7.29. The molecule has 0 unspecified atom stereocenters. The molecule has 5 rings (SSSR count). The van der Waals surface area contributed by atoms with Crippen LogP contribution in [0.2, 0.25) is 0 Å². The maximum atomic E-state index is 13.0. The Balaban J connectivity index is 1.20. The fourth-order valence-electron chi connectivity index (χ4n) is 5.76. The molecule has 3 fully saturated rings. The average Bonchev–Trinajstić information content (AvgIpc) is 3.02. The zero-order chi connectivity index (χ0) is 21.6. The number of hydrogen-bond donors (Lipinski definition) is 1. The largest absolute Gasteiger partial charge is 0.406 e. The van der Waals surface area contributed by atoms with E-state index in [1.165, 1.54) is 43.3 Å². The second-order valence-electron chi connectivity index (χ2n) is 9.62. The lowest BCUT2D eigenvalue weighted by Crippen LogP contribution is -2.63. The van der Waals surface area contributed by atoms with Crippen molar-refractivity contribution in [2.75, 3.05) is 31.6 Å². The normalized spacial score (nSPS) is 26.8. The van der Waals surface area contributed by atoms with Crippen molar-refractivity contribution in [2.24, 2.45) is 5.41 Å². The first kappa shape index (κ1) is 21.8. The predicted molar refractivity (Wildman–Crippen MR) is 124 cm³/mol. The Morgan fingerprint density at radius 1 is 1.16 bits per heavy atom. The summed E-state index contributed by atoms with van der Waals surface area (Å²) in [5.41, 5.74) is 2.01. The summed E-state index contributed by atoms with van der Waals surface area (Å²) in [4.78, 5) is 2.64. The van der Waals surface area contributed by atoms with Gasteiger partial charge in [-0.15, -0.1) is 0 Å². The van der Waals surface area contributed by atoms with Gasteiger partial charge in [-0.1, -0.05) is 6.07 Å². The molecule has 2 aromatic rings. The molecule has 0 radical (unpaired) electrons. The summed E-state index contributed by atoms with van der Waals surface area (Å²) >= 11 is 2.00. The lowest BCUT2D eigenvalue weighted by atomic mass is 9.73. The van der Waals surface area contributed by atoms with Gasteiger partial charge < -0.3 is 14.6 Å². The van der Waals surface area contributed by atoms with Gasteiger partial charge in [0.2, 0.25) is 0 Å². The molecule has 170 valence electrons. The van der Waals surface area contributed by atoms with Gasteiger partial charge in [-0.05, 0) is 79.3 Å². The molecule has 0 amide bonds. The SMILES string of the molecule is FC(F)(F)Cn1c(I)cc2c(NC3CCC(N4CC5(CCCOC5)C4)CC3)cccc21. The molecule has 1 saturated carbocycles. The predicted octanol–water partition coefficient (Wildman–Crippen LogP) is 5.64. The Morgan fingerprint density at radius 2 is 1.94 bits per heavy atom. The maximum Gasteiger partial charge on any atom is 0.406 e. The highest BCUT2D eigenvalue weighted by atomic mass is 127. The van der Waals surface area contributed by atoms with E-state index in [1.54, 1.807) is 6.07 Å². The number of aromatic nitrogens is 1. The van der Waals surface area contributed by atoms with Crippen molar-refractivity contribution in [3.63, 3.8) is 0 Å². The van der Waals surface area contributed by atoms with Crippen LogP contribution in [0.25, 0.3) is 10.9 Å². The summed E-state index contributed by atoms with van der Waals surface area (Å²) in [7, 11) is 0. The van der Waals surface area contributed by atoms with E-state index in [0.717, 1.165) is 37.1 Å². The van der Waals surface area contributed by atoms with Gasteiger partial charge in [0.15, 0.2) is 0 Å². The molecule has 2 saturated heterocycles. The molecular weight excluding hydrogens is 518 g/mol. The minimum Gasteiger partial charge on any atom is -0.382 e. The monoisotopic (exact) mass is 547 g/mol. The number of halogens is 4. The van der Waals surface area contributed by atoms with Gasteiger partial charge in [0.05, 0.1) is 15.8 Å². The van der Waals surface area contributed by atoms with Crippen LogP contribution in [0.4, 0.5) is 18.9 Å².